The zero-order chi connectivity index (χ0) is 10.3. The molecule has 0 aromatic carbocycles. The van der Waals surface area contributed by atoms with Crippen molar-refractivity contribution >= 4 is 0 Å². The molecule has 0 aliphatic carbocycles. The molecule has 2 rings (SSSR count). The van der Waals surface area contributed by atoms with Crippen molar-refractivity contribution < 1.29 is 9.47 Å². The summed E-state index contributed by atoms with van der Waals surface area (Å²) in [5.41, 5.74) is 0. The molecule has 2 fully saturated rings. The average molecular weight is 212 g/mol. The van der Waals surface area contributed by atoms with Crippen molar-refractivity contribution in [3.8, 4) is 0 Å². The van der Waals surface area contributed by atoms with Gasteiger partial charge in [-0.3, -0.25) is 0 Å². The van der Waals surface area contributed by atoms with E-state index in [0.29, 0.717) is 12.2 Å². The Morgan fingerprint density at radius 3 is 1.27 bits per heavy atom. The topological polar surface area (TPSA) is 25.1 Å². The molecule has 2 heteroatoms. The molecule has 0 N–H and O–H groups in total. The van der Waals surface area contributed by atoms with E-state index in [4.69, 9.17) is 9.47 Å². The van der Waals surface area contributed by atoms with Gasteiger partial charge in [-0.2, -0.15) is 0 Å². The van der Waals surface area contributed by atoms with Crippen LogP contribution < -0.4 is 0 Å². The predicted molar refractivity (Wildman–Crippen MR) is 61.0 cm³/mol. The molecule has 2 unspecified atom stereocenters. The van der Waals surface area contributed by atoms with E-state index >= 15 is 0 Å². The van der Waals surface area contributed by atoms with Gasteiger partial charge in [-0.25, -0.2) is 0 Å². The Kier molecular flexibility index (Phi) is 4.94. The SMILES string of the molecule is C(CCCCC1CO1)CCCCC1CO1. The lowest BCUT2D eigenvalue weighted by Crippen LogP contribution is -1.87. The van der Waals surface area contributed by atoms with Crippen molar-refractivity contribution in [3.05, 3.63) is 0 Å². The van der Waals surface area contributed by atoms with Crippen molar-refractivity contribution in [2.75, 3.05) is 13.2 Å². The molecule has 15 heavy (non-hydrogen) atoms. The maximum absolute atomic E-state index is 5.18. The first-order valence-corrected chi connectivity index (χ1v) is 6.68. The van der Waals surface area contributed by atoms with Gasteiger partial charge in [0.25, 0.3) is 0 Å². The molecule has 0 radical (unpaired) electrons. The van der Waals surface area contributed by atoms with Crippen LogP contribution >= 0.6 is 0 Å². The van der Waals surface area contributed by atoms with Gasteiger partial charge >= 0.3 is 0 Å². The van der Waals surface area contributed by atoms with Gasteiger partial charge in [-0.05, 0) is 12.8 Å². The molecule has 2 atom stereocenters. The molecule has 0 saturated carbocycles. The van der Waals surface area contributed by atoms with Crippen LogP contribution in [0, 0.1) is 0 Å². The third-order valence-corrected chi connectivity index (χ3v) is 3.36. The van der Waals surface area contributed by atoms with Crippen LogP contribution in [0.5, 0.6) is 0 Å². The number of rotatable bonds is 10. The average Bonchev–Trinajstić information content (AvgIpc) is 3.10. The number of hydrogen-bond donors (Lipinski definition) is 0. The molecular formula is C13H24O2. The normalized spacial score (nSPS) is 28.0. The number of hydrogen-bond acceptors (Lipinski definition) is 2. The van der Waals surface area contributed by atoms with Crippen LogP contribution in [0.15, 0.2) is 0 Å². The smallest absolute Gasteiger partial charge is 0.0810 e. The molecule has 0 spiro atoms. The molecule has 2 saturated heterocycles. The van der Waals surface area contributed by atoms with Crippen LogP contribution in [-0.4, -0.2) is 25.4 Å². The summed E-state index contributed by atoms with van der Waals surface area (Å²) >= 11 is 0. The van der Waals surface area contributed by atoms with Crippen LogP contribution in [0.4, 0.5) is 0 Å². The second-order valence-corrected chi connectivity index (χ2v) is 4.96. The summed E-state index contributed by atoms with van der Waals surface area (Å²) < 4.78 is 10.4. The number of epoxide rings is 2. The summed E-state index contributed by atoms with van der Waals surface area (Å²) in [6, 6.07) is 0. The summed E-state index contributed by atoms with van der Waals surface area (Å²) in [7, 11) is 0. The van der Waals surface area contributed by atoms with E-state index in [-0.39, 0.29) is 0 Å². The van der Waals surface area contributed by atoms with E-state index in [2.05, 4.69) is 0 Å². The van der Waals surface area contributed by atoms with Crippen molar-refractivity contribution in [2.45, 2.75) is 70.0 Å². The van der Waals surface area contributed by atoms with E-state index in [9.17, 15) is 0 Å². The Balaban J connectivity index is 1.23. The molecule has 0 bridgehead atoms. The predicted octanol–water partition coefficient (Wildman–Crippen LogP) is 3.29. The van der Waals surface area contributed by atoms with E-state index in [1.807, 2.05) is 0 Å². The summed E-state index contributed by atoms with van der Waals surface area (Å²) in [6.07, 6.45) is 13.7. The maximum Gasteiger partial charge on any atom is 0.0810 e. The minimum atomic E-state index is 0.642. The zero-order valence-electron chi connectivity index (χ0n) is 9.75. The molecule has 0 amide bonds. The molecule has 0 aromatic rings. The first kappa shape index (κ1) is 11.4. The van der Waals surface area contributed by atoms with Crippen LogP contribution in [0.2, 0.25) is 0 Å². The van der Waals surface area contributed by atoms with Gasteiger partial charge in [0.2, 0.25) is 0 Å². The molecule has 2 heterocycles. The standard InChI is InChI=1S/C13H24O2/c1(2-4-6-8-12-10-14-12)3-5-7-9-13-11-15-13/h12-13H,1-11H2. The third-order valence-electron chi connectivity index (χ3n) is 3.36. The Morgan fingerprint density at radius 1 is 0.600 bits per heavy atom. The van der Waals surface area contributed by atoms with Gasteiger partial charge in [-0.15, -0.1) is 0 Å². The Morgan fingerprint density at radius 2 is 0.933 bits per heavy atom. The highest BCUT2D eigenvalue weighted by Gasteiger charge is 2.21. The highest BCUT2D eigenvalue weighted by molar-refractivity contribution is 4.69. The minimum Gasteiger partial charge on any atom is -0.373 e. The molecule has 2 aliphatic rings. The van der Waals surface area contributed by atoms with Gasteiger partial charge in [0.1, 0.15) is 0 Å². The molecule has 2 aliphatic heterocycles. The largest absolute Gasteiger partial charge is 0.373 e. The first-order chi connectivity index (χ1) is 7.45. The lowest BCUT2D eigenvalue weighted by atomic mass is 10.1. The molecule has 2 nitrogen and oxygen atoms in total. The lowest BCUT2D eigenvalue weighted by molar-refractivity contribution is 0.384. The summed E-state index contributed by atoms with van der Waals surface area (Å²) in [6.45, 7) is 2.06. The van der Waals surface area contributed by atoms with Crippen LogP contribution in [-0.2, 0) is 9.47 Å². The summed E-state index contributed by atoms with van der Waals surface area (Å²) in [4.78, 5) is 0. The quantitative estimate of drug-likeness (QED) is 0.410. The summed E-state index contributed by atoms with van der Waals surface area (Å²) in [5, 5.41) is 0. The fraction of sp³-hybridized carbons (Fsp3) is 1.00. The second kappa shape index (κ2) is 6.49. The van der Waals surface area contributed by atoms with E-state index in [1.165, 1.54) is 57.8 Å². The minimum absolute atomic E-state index is 0.642. The molecule has 88 valence electrons. The van der Waals surface area contributed by atoms with Crippen molar-refractivity contribution in [3.63, 3.8) is 0 Å². The van der Waals surface area contributed by atoms with E-state index in [0.717, 1.165) is 13.2 Å². The van der Waals surface area contributed by atoms with Crippen molar-refractivity contribution in [1.82, 2.24) is 0 Å². The maximum atomic E-state index is 5.18. The monoisotopic (exact) mass is 212 g/mol. The molecule has 0 aromatic heterocycles. The number of unbranched alkanes of at least 4 members (excludes halogenated alkanes) is 6. The van der Waals surface area contributed by atoms with Gasteiger partial charge in [0, 0.05) is 0 Å². The highest BCUT2D eigenvalue weighted by Crippen LogP contribution is 2.19. The Bertz CT molecular complexity index is 144. The first-order valence-electron chi connectivity index (χ1n) is 6.68. The Labute approximate surface area is 93.3 Å². The lowest BCUT2D eigenvalue weighted by Gasteiger charge is -2.00. The van der Waals surface area contributed by atoms with E-state index < -0.39 is 0 Å². The van der Waals surface area contributed by atoms with E-state index in [1.54, 1.807) is 0 Å². The van der Waals surface area contributed by atoms with Crippen LogP contribution in [0.3, 0.4) is 0 Å². The fourth-order valence-corrected chi connectivity index (χ4v) is 2.10. The number of ether oxygens (including phenoxy) is 2. The molecular weight excluding hydrogens is 188 g/mol. The summed E-state index contributed by atoms with van der Waals surface area (Å²) in [5.74, 6) is 0. The van der Waals surface area contributed by atoms with Gasteiger partial charge in [0.05, 0.1) is 25.4 Å². The third kappa shape index (κ3) is 6.16. The van der Waals surface area contributed by atoms with Crippen molar-refractivity contribution in [2.24, 2.45) is 0 Å². The van der Waals surface area contributed by atoms with Crippen molar-refractivity contribution in [1.29, 1.82) is 0 Å². The fourth-order valence-electron chi connectivity index (χ4n) is 2.10. The van der Waals surface area contributed by atoms with Gasteiger partial charge < -0.3 is 9.47 Å². The van der Waals surface area contributed by atoms with Crippen LogP contribution in [0.1, 0.15) is 57.8 Å². The highest BCUT2D eigenvalue weighted by atomic mass is 16.6. The van der Waals surface area contributed by atoms with Gasteiger partial charge in [0.15, 0.2) is 0 Å². The zero-order valence-corrected chi connectivity index (χ0v) is 9.75. The second-order valence-electron chi connectivity index (χ2n) is 4.96. The van der Waals surface area contributed by atoms with Crippen LogP contribution in [0.25, 0.3) is 0 Å². The Hall–Kier alpha value is -0.0800. The van der Waals surface area contributed by atoms with Gasteiger partial charge in [-0.1, -0.05) is 44.9 Å².